The number of Topliss-reactive ketones (excluding diaryl/α,β-unsaturated/α-hetero) is 1. The minimum Gasteiger partial charge on any atom is -0.502 e. The van der Waals surface area contributed by atoms with E-state index < -0.39 is 33.8 Å². The Hall–Kier alpha value is -1.69. The van der Waals surface area contributed by atoms with Gasteiger partial charge in [-0.25, -0.2) is 0 Å². The number of nitrogens with zero attached hydrogens (tertiary/aromatic N) is 1. The van der Waals surface area contributed by atoms with E-state index in [9.17, 15) is 19.3 Å². The highest BCUT2D eigenvalue weighted by Gasteiger charge is 2.22. The van der Waals surface area contributed by atoms with E-state index in [0.29, 0.717) is 6.07 Å². The predicted molar refractivity (Wildman–Crippen MR) is 49.8 cm³/mol. The summed E-state index contributed by atoms with van der Waals surface area (Å²) in [5, 5.41) is 19.4. The zero-order chi connectivity index (χ0) is 11.6. The van der Waals surface area contributed by atoms with Gasteiger partial charge in [0.1, 0.15) is 0 Å². The number of phenolic OH excluding ortho intramolecular Hbond substituents is 1. The molecule has 0 fully saturated rings. The summed E-state index contributed by atoms with van der Waals surface area (Å²) in [6, 6.07) is 1.48. The maximum atomic E-state index is 13.1. The molecule has 0 saturated heterocycles. The summed E-state index contributed by atoms with van der Waals surface area (Å²) < 4.78 is 13.1. The number of nitro benzene ring substituents is 1. The summed E-state index contributed by atoms with van der Waals surface area (Å²) in [7, 11) is 0. The van der Waals surface area contributed by atoms with Gasteiger partial charge in [-0.2, -0.15) is 4.39 Å². The molecule has 1 rings (SSSR count). The van der Waals surface area contributed by atoms with Crippen molar-refractivity contribution in [1.29, 1.82) is 0 Å². The molecule has 1 N–H and O–H groups in total. The SMILES string of the molecule is O=C(CCl)c1cc(O)c([N+](=O)[O-])c(F)c1. The van der Waals surface area contributed by atoms with Crippen molar-refractivity contribution in [2.75, 3.05) is 5.88 Å². The number of nitro groups is 1. The molecule has 80 valence electrons. The van der Waals surface area contributed by atoms with Crippen LogP contribution in [-0.2, 0) is 0 Å². The van der Waals surface area contributed by atoms with Crippen molar-refractivity contribution in [2.45, 2.75) is 0 Å². The molecule has 0 radical (unpaired) electrons. The Balaban J connectivity index is 3.31. The fourth-order valence-corrected chi connectivity index (χ4v) is 1.16. The zero-order valence-electron chi connectivity index (χ0n) is 7.24. The van der Waals surface area contributed by atoms with Gasteiger partial charge in [-0.15, -0.1) is 11.6 Å². The molecular weight excluding hydrogens is 229 g/mol. The van der Waals surface area contributed by atoms with Crippen LogP contribution in [0.2, 0.25) is 0 Å². The highest BCUT2D eigenvalue weighted by molar-refractivity contribution is 6.30. The molecule has 0 unspecified atom stereocenters. The first kappa shape index (κ1) is 11.4. The van der Waals surface area contributed by atoms with E-state index in [-0.39, 0.29) is 5.56 Å². The summed E-state index contributed by atoms with van der Waals surface area (Å²) in [5.74, 6) is -3.18. The van der Waals surface area contributed by atoms with Gasteiger partial charge in [0.15, 0.2) is 11.5 Å². The average Bonchev–Trinajstić information content (AvgIpc) is 2.14. The number of ketones is 1. The summed E-state index contributed by atoms with van der Waals surface area (Å²) in [4.78, 5) is 20.2. The number of halogens is 2. The first-order valence-electron chi connectivity index (χ1n) is 3.73. The summed E-state index contributed by atoms with van der Waals surface area (Å²) in [6.45, 7) is 0. The highest BCUT2D eigenvalue weighted by Crippen LogP contribution is 2.30. The van der Waals surface area contributed by atoms with Crippen LogP contribution >= 0.6 is 11.6 Å². The Labute approximate surface area is 88.2 Å². The number of carbonyl (C=O) groups is 1. The van der Waals surface area contributed by atoms with Crippen molar-refractivity contribution >= 4 is 23.1 Å². The second kappa shape index (κ2) is 4.22. The van der Waals surface area contributed by atoms with Gasteiger partial charge in [-0.05, 0) is 12.1 Å². The lowest BCUT2D eigenvalue weighted by molar-refractivity contribution is -0.388. The minimum absolute atomic E-state index is 0.203. The van der Waals surface area contributed by atoms with Gasteiger partial charge in [-0.3, -0.25) is 14.9 Å². The van der Waals surface area contributed by atoms with Gasteiger partial charge in [-0.1, -0.05) is 0 Å². The molecular formula is C8H5ClFNO4. The van der Waals surface area contributed by atoms with Crippen LogP contribution in [0.15, 0.2) is 12.1 Å². The van der Waals surface area contributed by atoms with Gasteiger partial charge in [0.05, 0.1) is 10.8 Å². The third-order valence-electron chi connectivity index (χ3n) is 1.67. The van der Waals surface area contributed by atoms with Gasteiger partial charge in [0, 0.05) is 5.56 Å². The average molecular weight is 234 g/mol. The topological polar surface area (TPSA) is 80.4 Å². The predicted octanol–water partition coefficient (Wildman–Crippen LogP) is 1.86. The number of carbonyl (C=O) groups excluding carboxylic acids is 1. The van der Waals surface area contributed by atoms with Crippen molar-refractivity contribution < 1.29 is 19.2 Å². The lowest BCUT2D eigenvalue weighted by atomic mass is 10.1. The summed E-state index contributed by atoms with van der Waals surface area (Å²) in [5.41, 5.74) is -1.26. The number of rotatable bonds is 3. The Kier molecular flexibility index (Phi) is 3.21. The molecule has 0 aliphatic rings. The number of hydrogen-bond donors (Lipinski definition) is 1. The largest absolute Gasteiger partial charge is 0.502 e. The number of hydrogen-bond acceptors (Lipinski definition) is 4. The molecule has 0 aliphatic heterocycles. The Morgan fingerprint density at radius 3 is 2.60 bits per heavy atom. The second-order valence-corrected chi connectivity index (χ2v) is 2.91. The molecule has 0 aromatic heterocycles. The Morgan fingerprint density at radius 2 is 2.20 bits per heavy atom. The number of alkyl halides is 1. The quantitative estimate of drug-likeness (QED) is 0.374. The van der Waals surface area contributed by atoms with E-state index >= 15 is 0 Å². The Morgan fingerprint density at radius 1 is 1.60 bits per heavy atom. The van der Waals surface area contributed by atoms with Crippen LogP contribution in [0.4, 0.5) is 10.1 Å². The number of aromatic hydroxyl groups is 1. The first-order chi connectivity index (χ1) is 6.97. The van der Waals surface area contributed by atoms with Gasteiger partial charge >= 0.3 is 5.69 Å². The van der Waals surface area contributed by atoms with Crippen LogP contribution in [0, 0.1) is 15.9 Å². The van der Waals surface area contributed by atoms with Gasteiger partial charge in [0.25, 0.3) is 0 Å². The molecule has 0 spiro atoms. The minimum atomic E-state index is -1.27. The van der Waals surface area contributed by atoms with Crippen LogP contribution in [-0.4, -0.2) is 21.7 Å². The van der Waals surface area contributed by atoms with Crippen molar-refractivity contribution in [1.82, 2.24) is 0 Å². The maximum absolute atomic E-state index is 13.1. The lowest BCUT2D eigenvalue weighted by Crippen LogP contribution is -2.02. The maximum Gasteiger partial charge on any atom is 0.346 e. The van der Waals surface area contributed by atoms with Crippen LogP contribution in [0.5, 0.6) is 5.75 Å². The fourth-order valence-electron chi connectivity index (χ4n) is 1.00. The van der Waals surface area contributed by atoms with Crippen LogP contribution in [0.1, 0.15) is 10.4 Å². The van der Waals surface area contributed by atoms with Crippen molar-refractivity contribution in [3.05, 3.63) is 33.6 Å². The lowest BCUT2D eigenvalue weighted by Gasteiger charge is -2.00. The van der Waals surface area contributed by atoms with E-state index in [1.54, 1.807) is 0 Å². The molecule has 0 heterocycles. The number of phenols is 1. The normalized spacial score (nSPS) is 10.0. The van der Waals surface area contributed by atoms with Crippen LogP contribution in [0.3, 0.4) is 0 Å². The molecule has 15 heavy (non-hydrogen) atoms. The van der Waals surface area contributed by atoms with E-state index in [0.717, 1.165) is 6.07 Å². The molecule has 5 nitrogen and oxygen atoms in total. The van der Waals surface area contributed by atoms with Crippen LogP contribution < -0.4 is 0 Å². The van der Waals surface area contributed by atoms with Crippen LogP contribution in [0.25, 0.3) is 0 Å². The van der Waals surface area contributed by atoms with E-state index in [1.807, 2.05) is 0 Å². The molecule has 0 saturated carbocycles. The van der Waals surface area contributed by atoms with Crippen molar-refractivity contribution in [3.8, 4) is 5.75 Å². The monoisotopic (exact) mass is 233 g/mol. The summed E-state index contributed by atoms with van der Waals surface area (Å²) >= 11 is 5.21. The van der Waals surface area contributed by atoms with Crippen molar-refractivity contribution in [3.63, 3.8) is 0 Å². The second-order valence-electron chi connectivity index (χ2n) is 2.64. The first-order valence-corrected chi connectivity index (χ1v) is 4.27. The third-order valence-corrected chi connectivity index (χ3v) is 1.91. The molecule has 1 aromatic rings. The molecule has 0 atom stereocenters. The smallest absolute Gasteiger partial charge is 0.346 e. The molecule has 0 aliphatic carbocycles. The molecule has 0 bridgehead atoms. The Bertz CT molecular complexity index is 412. The van der Waals surface area contributed by atoms with Crippen molar-refractivity contribution in [2.24, 2.45) is 0 Å². The third kappa shape index (κ3) is 2.21. The molecule has 1 aromatic carbocycles. The highest BCUT2D eigenvalue weighted by atomic mass is 35.5. The zero-order valence-corrected chi connectivity index (χ0v) is 7.99. The van der Waals surface area contributed by atoms with E-state index in [1.165, 1.54) is 0 Å². The summed E-state index contributed by atoms with van der Waals surface area (Å²) in [6.07, 6.45) is 0. The fraction of sp³-hybridized carbons (Fsp3) is 0.125. The van der Waals surface area contributed by atoms with Gasteiger partial charge < -0.3 is 5.11 Å². The molecule has 0 amide bonds. The number of benzene rings is 1. The molecule has 7 heteroatoms. The standard InChI is InChI=1S/C8H5ClFNO4/c9-3-7(13)4-1-5(10)8(11(14)15)6(12)2-4/h1-2,12H,3H2. The van der Waals surface area contributed by atoms with Gasteiger partial charge in [0.2, 0.25) is 5.82 Å². The van der Waals surface area contributed by atoms with E-state index in [4.69, 9.17) is 16.7 Å². The van der Waals surface area contributed by atoms with E-state index in [2.05, 4.69) is 0 Å².